The highest BCUT2D eigenvalue weighted by atomic mass is 32.2. The minimum absolute atomic E-state index is 0.0266. The first-order valence-electron chi connectivity index (χ1n) is 27.1. The van der Waals surface area contributed by atoms with Crippen LogP contribution in [0.15, 0.2) is 24.3 Å². The molecular formula is C59H100O5S2. The molecule has 0 saturated heterocycles. The second kappa shape index (κ2) is 34.2. The average Bonchev–Trinajstić information content (AvgIpc) is 3.25. The quantitative estimate of drug-likeness (QED) is 0.0396. The fraction of sp³-hybridized carbons (Fsp3) is 0.763. The van der Waals surface area contributed by atoms with Crippen molar-refractivity contribution in [3.63, 3.8) is 0 Å². The molecule has 0 aromatic heterocycles. The van der Waals surface area contributed by atoms with Gasteiger partial charge in [0.15, 0.2) is 0 Å². The number of carbonyl (C=O) groups excluding carboxylic acids is 2. The van der Waals surface area contributed by atoms with Gasteiger partial charge in [-0.3, -0.25) is 9.59 Å². The van der Waals surface area contributed by atoms with Crippen LogP contribution in [0.2, 0.25) is 0 Å². The highest BCUT2D eigenvalue weighted by molar-refractivity contribution is 7.99. The van der Waals surface area contributed by atoms with E-state index in [1.807, 2.05) is 26.0 Å². The number of rotatable bonds is 37. The minimum Gasteiger partial charge on any atom is -0.507 e. The summed E-state index contributed by atoms with van der Waals surface area (Å²) in [5, 5.41) is 21.4. The van der Waals surface area contributed by atoms with Crippen molar-refractivity contribution in [3.05, 3.63) is 57.6 Å². The Labute approximate surface area is 415 Å². The van der Waals surface area contributed by atoms with Crippen molar-refractivity contribution < 1.29 is 24.5 Å². The summed E-state index contributed by atoms with van der Waals surface area (Å²) in [6.45, 7) is 21.2. The maximum atomic E-state index is 13.9. The van der Waals surface area contributed by atoms with Crippen molar-refractivity contribution in [2.45, 2.75) is 288 Å². The van der Waals surface area contributed by atoms with Gasteiger partial charge in [-0.15, -0.1) is 11.8 Å². The molecule has 2 rings (SSSR count). The zero-order valence-corrected chi connectivity index (χ0v) is 46.0. The summed E-state index contributed by atoms with van der Waals surface area (Å²) in [5.74, 6) is 1.21. The van der Waals surface area contributed by atoms with Crippen molar-refractivity contribution in [1.82, 2.24) is 0 Å². The minimum atomic E-state index is -0.424. The van der Waals surface area contributed by atoms with Crippen LogP contribution in [-0.2, 0) is 36.7 Å². The number of benzene rings is 2. The number of thioether (sulfide) groups is 2. The summed E-state index contributed by atoms with van der Waals surface area (Å²) in [5.41, 5.74) is 5.35. The highest BCUT2D eigenvalue weighted by Gasteiger charge is 2.28. The van der Waals surface area contributed by atoms with Gasteiger partial charge in [0.25, 0.3) is 0 Å². The Bertz CT molecular complexity index is 1560. The Kier molecular flexibility index (Phi) is 31.1. The van der Waals surface area contributed by atoms with Gasteiger partial charge in [0.05, 0.1) is 6.42 Å². The van der Waals surface area contributed by atoms with E-state index < -0.39 is 17.2 Å². The summed E-state index contributed by atoms with van der Waals surface area (Å²) < 4.78 is 5.79. The number of aryl methyl sites for hydroxylation is 2. The van der Waals surface area contributed by atoms with Crippen LogP contribution in [0.5, 0.6) is 11.5 Å². The molecule has 0 aliphatic rings. The van der Waals surface area contributed by atoms with Crippen LogP contribution in [0.4, 0.5) is 0 Å². The lowest BCUT2D eigenvalue weighted by Gasteiger charge is -2.28. The van der Waals surface area contributed by atoms with Gasteiger partial charge in [-0.05, 0) is 70.9 Å². The molecule has 378 valence electrons. The molecule has 2 atom stereocenters. The van der Waals surface area contributed by atoms with E-state index in [2.05, 4.69) is 67.5 Å². The molecule has 5 nitrogen and oxygen atoms in total. The van der Waals surface area contributed by atoms with E-state index >= 15 is 0 Å². The van der Waals surface area contributed by atoms with Crippen LogP contribution >= 0.6 is 23.5 Å². The maximum Gasteiger partial charge on any atom is 0.326 e. The number of unbranched alkanes of at least 4 members (excludes halogenated alkanes) is 24. The molecule has 0 amide bonds. The monoisotopic (exact) mass is 953 g/mol. The first-order chi connectivity index (χ1) is 31.5. The largest absolute Gasteiger partial charge is 0.507 e. The van der Waals surface area contributed by atoms with E-state index in [-0.39, 0.29) is 22.5 Å². The Morgan fingerprint density at radius 2 is 0.848 bits per heavy atom. The van der Waals surface area contributed by atoms with E-state index in [0.29, 0.717) is 23.7 Å². The normalized spacial score (nSPS) is 13.0. The average molecular weight is 954 g/mol. The van der Waals surface area contributed by atoms with Gasteiger partial charge >= 0.3 is 11.9 Å². The van der Waals surface area contributed by atoms with Gasteiger partial charge in [0.2, 0.25) is 0 Å². The number of esters is 2. The molecule has 0 radical (unpaired) electrons. The Hall–Kier alpha value is -2.12. The third kappa shape index (κ3) is 26.0. The van der Waals surface area contributed by atoms with E-state index in [4.69, 9.17) is 4.74 Å². The lowest BCUT2D eigenvalue weighted by Crippen LogP contribution is -2.25. The number of ether oxygens (including phenoxy) is 1. The fourth-order valence-corrected chi connectivity index (χ4v) is 11.4. The Balaban J connectivity index is 2.05. The summed E-state index contributed by atoms with van der Waals surface area (Å²) >= 11 is 3.35. The van der Waals surface area contributed by atoms with Crippen molar-refractivity contribution in [1.29, 1.82) is 0 Å². The van der Waals surface area contributed by atoms with Gasteiger partial charge in [0.1, 0.15) is 16.7 Å². The molecule has 0 aliphatic heterocycles. The van der Waals surface area contributed by atoms with Crippen LogP contribution in [0.25, 0.3) is 0 Å². The highest BCUT2D eigenvalue weighted by Crippen LogP contribution is 2.41. The topological polar surface area (TPSA) is 83.8 Å². The molecule has 0 bridgehead atoms. The lowest BCUT2D eigenvalue weighted by atomic mass is 9.78. The maximum absolute atomic E-state index is 13.9. The zero-order chi connectivity index (χ0) is 48.8. The molecular weight excluding hydrogens is 853 g/mol. The second-order valence-electron chi connectivity index (χ2n) is 21.9. The molecule has 0 aliphatic carbocycles. The molecule has 0 spiro atoms. The standard InChI is InChI=1S/C59H100O5S2/c1-11-13-15-17-19-21-23-24-25-26-27-28-30-32-34-36-38-53(66-45-48-39-46(3)55(61)47(4)40-48)57(63)64-54(60)43-50(37-35-33-31-29-22-20-18-16-14-12-2)65-44-49-41-51(58(5,6)7)56(62)52(42-49)59(8,9)10/h39-42,50,53,61-62H,11-38,43-45H2,1-10H3. The predicted molar refractivity (Wildman–Crippen MR) is 290 cm³/mol. The van der Waals surface area contributed by atoms with E-state index in [1.54, 1.807) is 23.5 Å². The molecule has 2 aromatic rings. The fourth-order valence-electron chi connectivity index (χ4n) is 9.12. The van der Waals surface area contributed by atoms with Gasteiger partial charge in [0, 0.05) is 16.8 Å². The third-order valence-electron chi connectivity index (χ3n) is 13.3. The number of aromatic hydroxyl groups is 2. The molecule has 0 fully saturated rings. The van der Waals surface area contributed by atoms with Crippen molar-refractivity contribution in [2.75, 3.05) is 0 Å². The molecule has 2 N–H and O–H groups in total. The Morgan fingerprint density at radius 3 is 1.24 bits per heavy atom. The second-order valence-corrected chi connectivity index (χ2v) is 24.4. The molecule has 0 saturated carbocycles. The number of hydrogen-bond acceptors (Lipinski definition) is 7. The predicted octanol–water partition coefficient (Wildman–Crippen LogP) is 18.6. The smallest absolute Gasteiger partial charge is 0.326 e. The number of carbonyl (C=O) groups is 2. The van der Waals surface area contributed by atoms with Gasteiger partial charge < -0.3 is 14.9 Å². The van der Waals surface area contributed by atoms with Crippen LogP contribution < -0.4 is 0 Å². The molecule has 2 aromatic carbocycles. The third-order valence-corrected chi connectivity index (χ3v) is 16.0. The Morgan fingerprint density at radius 1 is 0.500 bits per heavy atom. The summed E-state index contributed by atoms with van der Waals surface area (Å²) in [6, 6.07) is 8.29. The molecule has 2 unspecified atom stereocenters. The number of phenolic OH excluding ortho intramolecular Hbond substituents is 2. The molecule has 0 heterocycles. The van der Waals surface area contributed by atoms with Crippen molar-refractivity contribution in [2.24, 2.45) is 0 Å². The van der Waals surface area contributed by atoms with E-state index in [9.17, 15) is 19.8 Å². The summed E-state index contributed by atoms with van der Waals surface area (Å²) in [6.07, 6.45) is 35.2. The van der Waals surface area contributed by atoms with Crippen molar-refractivity contribution >= 4 is 35.5 Å². The van der Waals surface area contributed by atoms with Crippen LogP contribution in [0.3, 0.4) is 0 Å². The molecule has 66 heavy (non-hydrogen) atoms. The first-order valence-corrected chi connectivity index (χ1v) is 29.2. The van der Waals surface area contributed by atoms with Gasteiger partial charge in [-0.25, -0.2) is 0 Å². The van der Waals surface area contributed by atoms with E-state index in [0.717, 1.165) is 71.2 Å². The first kappa shape index (κ1) is 60.0. The lowest BCUT2D eigenvalue weighted by molar-refractivity contribution is -0.159. The van der Waals surface area contributed by atoms with Crippen LogP contribution in [-0.4, -0.2) is 32.7 Å². The zero-order valence-electron chi connectivity index (χ0n) is 44.3. The van der Waals surface area contributed by atoms with Gasteiger partial charge in [-0.1, -0.05) is 247 Å². The van der Waals surface area contributed by atoms with Crippen molar-refractivity contribution in [3.8, 4) is 11.5 Å². The number of phenols is 2. The summed E-state index contributed by atoms with van der Waals surface area (Å²) in [7, 11) is 0. The molecule has 7 heteroatoms. The van der Waals surface area contributed by atoms with Crippen LogP contribution in [0.1, 0.15) is 275 Å². The number of hydrogen-bond donors (Lipinski definition) is 2. The van der Waals surface area contributed by atoms with Crippen LogP contribution in [0, 0.1) is 13.8 Å². The summed E-state index contributed by atoms with van der Waals surface area (Å²) in [4.78, 5) is 27.7. The van der Waals surface area contributed by atoms with Gasteiger partial charge in [-0.2, -0.15) is 11.8 Å². The SMILES string of the molecule is CCCCCCCCCCCCCCCCCCC(SCc1cc(C)c(O)c(C)c1)C(=O)OC(=O)CC(CCCCCCCCCCCC)SCc1cc(C(C)(C)C)c(O)c(C(C)(C)C)c1. The van der Waals surface area contributed by atoms with E-state index in [1.165, 1.54) is 141 Å².